The average molecular weight is 249 g/mol. The number of carbonyl (C=O) groups is 1. The Kier molecular flexibility index (Phi) is 3.57. The summed E-state index contributed by atoms with van der Waals surface area (Å²) in [5.41, 5.74) is 5.14. The fraction of sp³-hybridized carbons (Fsp3) is 0.556. The van der Waals surface area contributed by atoms with Gasteiger partial charge in [-0.25, -0.2) is 4.98 Å². The van der Waals surface area contributed by atoms with Gasteiger partial charge in [0.05, 0.1) is 12.3 Å². The third-order valence-electron chi connectivity index (χ3n) is 1.98. The first kappa shape index (κ1) is 12.3. The first-order valence-electron chi connectivity index (χ1n) is 4.49. The van der Waals surface area contributed by atoms with E-state index in [-0.39, 0.29) is 5.97 Å². The average Bonchev–Trinajstić information content (AvgIpc) is 2.46. The summed E-state index contributed by atoms with van der Waals surface area (Å²) in [6.45, 7) is 5.52. The molecule has 0 fully saturated rings. The van der Waals surface area contributed by atoms with E-state index in [0.29, 0.717) is 21.8 Å². The number of nitrogens with two attached hydrogens (primary N) is 1. The number of aromatic nitrogens is 1. The topological polar surface area (TPSA) is 65.2 Å². The van der Waals surface area contributed by atoms with Crippen LogP contribution in [0.3, 0.4) is 0 Å². The van der Waals surface area contributed by atoms with E-state index in [1.807, 2.05) is 0 Å². The van der Waals surface area contributed by atoms with Crippen molar-refractivity contribution in [3.63, 3.8) is 0 Å². The van der Waals surface area contributed by atoms with Gasteiger partial charge < -0.3 is 10.5 Å². The molecule has 0 bridgehead atoms. The van der Waals surface area contributed by atoms with Crippen LogP contribution in [0.25, 0.3) is 0 Å². The molecular weight excluding hydrogens is 236 g/mol. The van der Waals surface area contributed by atoms with Crippen LogP contribution in [0.1, 0.15) is 26.5 Å². The summed E-state index contributed by atoms with van der Waals surface area (Å²) in [7, 11) is 0. The molecule has 4 nitrogen and oxygen atoms in total. The van der Waals surface area contributed by atoms with E-state index in [2.05, 4.69) is 4.98 Å². The molecule has 2 N–H and O–H groups in total. The van der Waals surface area contributed by atoms with E-state index in [0.717, 1.165) is 11.3 Å². The summed E-state index contributed by atoms with van der Waals surface area (Å²) in [6, 6.07) is 0. The number of carbonyl (C=O) groups excluding carboxylic acids is 1. The molecule has 84 valence electrons. The highest BCUT2D eigenvalue weighted by Gasteiger charge is 2.36. The predicted molar refractivity (Wildman–Crippen MR) is 61.2 cm³/mol. The zero-order chi connectivity index (χ0) is 11.6. The van der Waals surface area contributed by atoms with Gasteiger partial charge in [-0.3, -0.25) is 4.79 Å². The molecule has 0 radical (unpaired) electrons. The number of rotatable bonds is 3. The zero-order valence-corrected chi connectivity index (χ0v) is 10.4. The van der Waals surface area contributed by atoms with Crippen molar-refractivity contribution in [2.24, 2.45) is 0 Å². The molecule has 0 aliphatic carbocycles. The Morgan fingerprint density at radius 3 is 2.67 bits per heavy atom. The lowest BCUT2D eigenvalue weighted by Crippen LogP contribution is -2.31. The molecule has 0 aromatic carbocycles. The Morgan fingerprint density at radius 2 is 2.27 bits per heavy atom. The summed E-state index contributed by atoms with van der Waals surface area (Å²) in [4.78, 5) is 15.7. The smallest absolute Gasteiger partial charge is 0.317 e. The standard InChI is InChI=1S/C9H13ClN2O2S/c1-4-14-7(13)9(2,3)5-6(10)15-8(11)12-5/h4H2,1-3H3,(H2,11,12). The van der Waals surface area contributed by atoms with Gasteiger partial charge in [-0.05, 0) is 20.8 Å². The number of ether oxygens (including phenoxy) is 1. The van der Waals surface area contributed by atoms with Crippen molar-refractivity contribution in [2.75, 3.05) is 12.3 Å². The Balaban J connectivity index is 3.04. The van der Waals surface area contributed by atoms with E-state index >= 15 is 0 Å². The maximum atomic E-state index is 11.7. The Morgan fingerprint density at radius 1 is 1.67 bits per heavy atom. The molecule has 0 saturated carbocycles. The Bertz CT molecular complexity index is 376. The quantitative estimate of drug-likeness (QED) is 0.833. The van der Waals surface area contributed by atoms with Crippen molar-refractivity contribution in [1.82, 2.24) is 4.98 Å². The minimum Gasteiger partial charge on any atom is -0.465 e. The molecule has 1 heterocycles. The zero-order valence-electron chi connectivity index (χ0n) is 8.83. The molecule has 0 unspecified atom stereocenters. The summed E-state index contributed by atoms with van der Waals surface area (Å²) in [5, 5.41) is 0.354. The number of anilines is 1. The van der Waals surface area contributed by atoms with Crippen molar-refractivity contribution in [3.05, 3.63) is 10.0 Å². The lowest BCUT2D eigenvalue weighted by atomic mass is 9.90. The number of hydrogen-bond acceptors (Lipinski definition) is 5. The van der Waals surface area contributed by atoms with Crippen LogP contribution in [-0.2, 0) is 14.9 Å². The first-order valence-corrected chi connectivity index (χ1v) is 5.68. The van der Waals surface area contributed by atoms with Gasteiger partial charge >= 0.3 is 5.97 Å². The largest absolute Gasteiger partial charge is 0.465 e. The second-order valence-corrected chi connectivity index (χ2v) is 5.15. The van der Waals surface area contributed by atoms with Crippen LogP contribution in [0, 0.1) is 0 Å². The predicted octanol–water partition coefficient (Wildman–Crippen LogP) is 2.22. The van der Waals surface area contributed by atoms with Crippen molar-refractivity contribution < 1.29 is 9.53 Å². The molecule has 15 heavy (non-hydrogen) atoms. The van der Waals surface area contributed by atoms with Crippen molar-refractivity contribution in [2.45, 2.75) is 26.2 Å². The highest BCUT2D eigenvalue weighted by molar-refractivity contribution is 7.19. The summed E-state index contributed by atoms with van der Waals surface area (Å²) >= 11 is 7.10. The highest BCUT2D eigenvalue weighted by atomic mass is 35.5. The normalized spacial score (nSPS) is 11.5. The van der Waals surface area contributed by atoms with Gasteiger partial charge in [-0.15, -0.1) is 0 Å². The van der Waals surface area contributed by atoms with Crippen LogP contribution in [0.5, 0.6) is 0 Å². The molecule has 0 spiro atoms. The number of thiazole rings is 1. The molecule has 0 saturated heterocycles. The van der Waals surface area contributed by atoms with Gasteiger partial charge in [0, 0.05) is 0 Å². The molecule has 6 heteroatoms. The van der Waals surface area contributed by atoms with Crippen LogP contribution in [0.15, 0.2) is 0 Å². The van der Waals surface area contributed by atoms with Crippen LogP contribution >= 0.6 is 22.9 Å². The van der Waals surface area contributed by atoms with E-state index < -0.39 is 5.41 Å². The Labute approximate surface area is 97.4 Å². The minimum atomic E-state index is -0.860. The minimum absolute atomic E-state index is 0.333. The van der Waals surface area contributed by atoms with Gasteiger partial charge in [0.2, 0.25) is 0 Å². The molecule has 0 atom stereocenters. The van der Waals surface area contributed by atoms with Crippen LogP contribution in [-0.4, -0.2) is 17.6 Å². The second-order valence-electron chi connectivity index (χ2n) is 3.52. The second kappa shape index (κ2) is 4.37. The number of nitrogen functional groups attached to an aromatic ring is 1. The maximum absolute atomic E-state index is 11.7. The van der Waals surface area contributed by atoms with Crippen molar-refractivity contribution in [3.8, 4) is 0 Å². The van der Waals surface area contributed by atoms with Crippen LogP contribution in [0.2, 0.25) is 4.34 Å². The number of hydrogen-bond donors (Lipinski definition) is 1. The molecular formula is C9H13ClN2O2S. The van der Waals surface area contributed by atoms with Gasteiger partial charge in [0.15, 0.2) is 5.13 Å². The molecule has 0 aliphatic heterocycles. The third-order valence-corrected chi connectivity index (χ3v) is 3.06. The summed E-state index contributed by atoms with van der Waals surface area (Å²) in [5.74, 6) is -0.350. The van der Waals surface area contributed by atoms with E-state index in [1.165, 1.54) is 0 Å². The maximum Gasteiger partial charge on any atom is 0.317 e. The molecule has 0 aliphatic rings. The fourth-order valence-corrected chi connectivity index (χ4v) is 2.34. The van der Waals surface area contributed by atoms with Crippen molar-refractivity contribution >= 4 is 34.0 Å². The van der Waals surface area contributed by atoms with Gasteiger partial charge in [0.1, 0.15) is 9.75 Å². The lowest BCUT2D eigenvalue weighted by molar-refractivity contribution is -0.148. The van der Waals surface area contributed by atoms with Gasteiger partial charge in [-0.2, -0.15) is 0 Å². The van der Waals surface area contributed by atoms with E-state index in [1.54, 1.807) is 20.8 Å². The van der Waals surface area contributed by atoms with E-state index in [4.69, 9.17) is 22.1 Å². The number of halogens is 1. The molecule has 1 aromatic heterocycles. The number of esters is 1. The fourth-order valence-electron chi connectivity index (χ4n) is 1.11. The van der Waals surface area contributed by atoms with E-state index in [9.17, 15) is 4.79 Å². The first-order chi connectivity index (χ1) is 6.89. The lowest BCUT2D eigenvalue weighted by Gasteiger charge is -2.20. The molecule has 1 rings (SSSR count). The molecule has 1 aromatic rings. The monoisotopic (exact) mass is 248 g/mol. The SMILES string of the molecule is CCOC(=O)C(C)(C)c1nc(N)sc1Cl. The molecule has 0 amide bonds. The Hall–Kier alpha value is -0.810. The van der Waals surface area contributed by atoms with Crippen molar-refractivity contribution in [1.29, 1.82) is 0 Å². The summed E-state index contributed by atoms with van der Waals surface area (Å²) < 4.78 is 5.39. The third kappa shape index (κ3) is 2.41. The highest BCUT2D eigenvalue weighted by Crippen LogP contribution is 2.35. The van der Waals surface area contributed by atoms with Gasteiger partial charge in [-0.1, -0.05) is 22.9 Å². The van der Waals surface area contributed by atoms with Crippen LogP contribution in [0.4, 0.5) is 5.13 Å². The van der Waals surface area contributed by atoms with Crippen LogP contribution < -0.4 is 5.73 Å². The van der Waals surface area contributed by atoms with Gasteiger partial charge in [0.25, 0.3) is 0 Å². The number of nitrogens with zero attached hydrogens (tertiary/aromatic N) is 1. The summed E-state index contributed by atoms with van der Waals surface area (Å²) in [6.07, 6.45) is 0.